The molecule has 1 aromatic heterocycles. The summed E-state index contributed by atoms with van der Waals surface area (Å²) in [5, 5.41) is 8.88. The predicted molar refractivity (Wildman–Crippen MR) is 55.3 cm³/mol. The van der Waals surface area contributed by atoms with Gasteiger partial charge < -0.3 is 9.67 Å². The summed E-state index contributed by atoms with van der Waals surface area (Å²) in [6, 6.07) is 1.83. The Bertz CT molecular complexity index is 304. The van der Waals surface area contributed by atoms with Crippen LogP contribution in [0.15, 0.2) is 18.5 Å². The fourth-order valence-corrected chi connectivity index (χ4v) is 1.34. The fourth-order valence-electron chi connectivity index (χ4n) is 1.34. The maximum absolute atomic E-state index is 11.3. The molecule has 0 saturated carbocycles. The number of aromatic nitrogens is 1. The Morgan fingerprint density at radius 1 is 1.64 bits per heavy atom. The number of aliphatic hydroxyl groups excluding tert-OH is 1. The van der Waals surface area contributed by atoms with E-state index in [9.17, 15) is 4.79 Å². The molecule has 1 unspecified atom stereocenters. The van der Waals surface area contributed by atoms with E-state index in [2.05, 4.69) is 0 Å². The smallest absolute Gasteiger partial charge is 0.164 e. The number of nitrogens with zero attached hydrogens (tertiary/aromatic N) is 1. The second-order valence-electron chi connectivity index (χ2n) is 3.66. The summed E-state index contributed by atoms with van der Waals surface area (Å²) >= 11 is 0. The predicted octanol–water partition coefficient (Wildman–Crippen LogP) is 1.71. The van der Waals surface area contributed by atoms with Crippen molar-refractivity contribution in [2.45, 2.75) is 26.8 Å². The minimum Gasteiger partial charge on any atom is -0.396 e. The van der Waals surface area contributed by atoms with Gasteiger partial charge in [0.1, 0.15) is 0 Å². The van der Waals surface area contributed by atoms with Gasteiger partial charge in [-0.2, -0.15) is 0 Å². The average molecular weight is 195 g/mol. The quantitative estimate of drug-likeness (QED) is 0.727. The number of ketones is 1. The zero-order valence-corrected chi connectivity index (χ0v) is 8.73. The third-order valence-corrected chi connectivity index (χ3v) is 2.23. The van der Waals surface area contributed by atoms with Crippen molar-refractivity contribution >= 4 is 5.78 Å². The molecule has 0 fully saturated rings. The summed E-state index contributed by atoms with van der Waals surface area (Å²) in [6.45, 7) is 4.76. The first kappa shape index (κ1) is 11.0. The molecule has 0 aliphatic carbocycles. The molecular formula is C11H17NO2. The maximum atomic E-state index is 11.3. The zero-order chi connectivity index (χ0) is 10.6. The SMILES string of the molecule is CCC(=O)c1ccn(CC(C)CO)c1. The number of hydrogen-bond acceptors (Lipinski definition) is 2. The average Bonchev–Trinajstić information content (AvgIpc) is 2.65. The Morgan fingerprint density at radius 2 is 2.36 bits per heavy atom. The van der Waals surface area contributed by atoms with Crippen LogP contribution in [0.1, 0.15) is 30.6 Å². The van der Waals surface area contributed by atoms with Gasteiger partial charge in [0.25, 0.3) is 0 Å². The Morgan fingerprint density at radius 3 is 2.93 bits per heavy atom. The van der Waals surface area contributed by atoms with Gasteiger partial charge in [-0.05, 0) is 12.0 Å². The van der Waals surface area contributed by atoms with E-state index in [1.165, 1.54) is 0 Å². The van der Waals surface area contributed by atoms with Gasteiger partial charge in [0.05, 0.1) is 0 Å². The van der Waals surface area contributed by atoms with Crippen LogP contribution in [0.4, 0.5) is 0 Å². The second-order valence-corrected chi connectivity index (χ2v) is 3.66. The fraction of sp³-hybridized carbons (Fsp3) is 0.545. The minimum absolute atomic E-state index is 0.167. The van der Waals surface area contributed by atoms with Crippen molar-refractivity contribution in [2.75, 3.05) is 6.61 Å². The summed E-state index contributed by atoms with van der Waals surface area (Å²) in [5.74, 6) is 0.396. The molecule has 14 heavy (non-hydrogen) atoms. The highest BCUT2D eigenvalue weighted by Crippen LogP contribution is 2.07. The molecule has 0 saturated heterocycles. The molecule has 1 N–H and O–H groups in total. The van der Waals surface area contributed by atoms with Gasteiger partial charge in [-0.25, -0.2) is 0 Å². The van der Waals surface area contributed by atoms with E-state index in [1.807, 2.05) is 36.9 Å². The van der Waals surface area contributed by atoms with Crippen molar-refractivity contribution in [2.24, 2.45) is 5.92 Å². The third-order valence-electron chi connectivity index (χ3n) is 2.23. The van der Waals surface area contributed by atoms with E-state index in [0.29, 0.717) is 6.42 Å². The van der Waals surface area contributed by atoms with Crippen molar-refractivity contribution in [1.29, 1.82) is 0 Å². The standard InChI is InChI=1S/C11H17NO2/c1-3-11(14)10-4-5-12(7-10)6-9(2)8-13/h4-5,7,9,13H,3,6,8H2,1-2H3. The first-order valence-corrected chi connectivity index (χ1v) is 4.97. The van der Waals surface area contributed by atoms with E-state index >= 15 is 0 Å². The normalized spacial score (nSPS) is 12.8. The highest BCUT2D eigenvalue weighted by atomic mass is 16.3. The van der Waals surface area contributed by atoms with Crippen LogP contribution in [0.25, 0.3) is 0 Å². The van der Waals surface area contributed by atoms with Crippen LogP contribution in [-0.2, 0) is 6.54 Å². The molecule has 0 aliphatic rings. The molecule has 78 valence electrons. The summed E-state index contributed by atoms with van der Waals surface area (Å²) in [4.78, 5) is 11.3. The number of Topliss-reactive ketones (excluding diaryl/α,β-unsaturated/α-hetero) is 1. The number of aliphatic hydroxyl groups is 1. The lowest BCUT2D eigenvalue weighted by Crippen LogP contribution is -2.09. The lowest BCUT2D eigenvalue weighted by atomic mass is 10.2. The van der Waals surface area contributed by atoms with E-state index in [1.54, 1.807) is 0 Å². The Balaban J connectivity index is 2.63. The number of rotatable bonds is 5. The molecule has 0 spiro atoms. The highest BCUT2D eigenvalue weighted by molar-refractivity contribution is 5.95. The summed E-state index contributed by atoms with van der Waals surface area (Å²) < 4.78 is 1.95. The van der Waals surface area contributed by atoms with Crippen molar-refractivity contribution in [3.63, 3.8) is 0 Å². The molecule has 0 radical (unpaired) electrons. The van der Waals surface area contributed by atoms with Crippen LogP contribution in [0.3, 0.4) is 0 Å². The minimum atomic E-state index is 0.167. The van der Waals surface area contributed by atoms with Crippen LogP contribution in [0.2, 0.25) is 0 Å². The molecule has 0 aromatic carbocycles. The Kier molecular flexibility index (Phi) is 3.89. The first-order chi connectivity index (χ1) is 6.67. The molecule has 1 heterocycles. The monoisotopic (exact) mass is 195 g/mol. The van der Waals surface area contributed by atoms with Gasteiger partial charge in [-0.15, -0.1) is 0 Å². The van der Waals surface area contributed by atoms with Gasteiger partial charge in [0.15, 0.2) is 5.78 Å². The molecule has 1 aromatic rings. The van der Waals surface area contributed by atoms with E-state index in [-0.39, 0.29) is 18.3 Å². The Labute approximate surface area is 84.4 Å². The van der Waals surface area contributed by atoms with Crippen LogP contribution in [0.5, 0.6) is 0 Å². The van der Waals surface area contributed by atoms with Crippen LogP contribution < -0.4 is 0 Å². The van der Waals surface area contributed by atoms with Gasteiger partial charge in [-0.1, -0.05) is 13.8 Å². The first-order valence-electron chi connectivity index (χ1n) is 4.97. The molecule has 1 atom stereocenters. The number of carbonyl (C=O) groups excluding carboxylic acids is 1. The maximum Gasteiger partial charge on any atom is 0.164 e. The van der Waals surface area contributed by atoms with Crippen molar-refractivity contribution in [3.8, 4) is 0 Å². The van der Waals surface area contributed by atoms with Gasteiger partial charge in [0, 0.05) is 37.5 Å². The van der Waals surface area contributed by atoms with E-state index < -0.39 is 0 Å². The van der Waals surface area contributed by atoms with Crippen LogP contribution >= 0.6 is 0 Å². The van der Waals surface area contributed by atoms with Gasteiger partial charge in [0.2, 0.25) is 0 Å². The highest BCUT2D eigenvalue weighted by Gasteiger charge is 2.06. The molecular weight excluding hydrogens is 178 g/mol. The van der Waals surface area contributed by atoms with Crippen molar-refractivity contribution in [3.05, 3.63) is 24.0 Å². The van der Waals surface area contributed by atoms with E-state index in [4.69, 9.17) is 5.11 Å². The second kappa shape index (κ2) is 4.96. The lowest BCUT2D eigenvalue weighted by molar-refractivity contribution is 0.0988. The summed E-state index contributed by atoms with van der Waals surface area (Å²) in [5.41, 5.74) is 0.762. The molecule has 1 rings (SSSR count). The third kappa shape index (κ3) is 2.70. The largest absolute Gasteiger partial charge is 0.396 e. The summed E-state index contributed by atoms with van der Waals surface area (Å²) in [7, 11) is 0. The number of hydrogen-bond donors (Lipinski definition) is 1. The zero-order valence-electron chi connectivity index (χ0n) is 8.73. The molecule has 3 nitrogen and oxygen atoms in total. The number of carbonyl (C=O) groups is 1. The lowest BCUT2D eigenvalue weighted by Gasteiger charge is -2.07. The van der Waals surface area contributed by atoms with Gasteiger partial charge >= 0.3 is 0 Å². The van der Waals surface area contributed by atoms with Crippen LogP contribution in [-0.4, -0.2) is 22.1 Å². The molecule has 0 amide bonds. The van der Waals surface area contributed by atoms with Crippen molar-refractivity contribution < 1.29 is 9.90 Å². The van der Waals surface area contributed by atoms with Crippen molar-refractivity contribution in [1.82, 2.24) is 4.57 Å². The topological polar surface area (TPSA) is 42.2 Å². The summed E-state index contributed by atoms with van der Waals surface area (Å²) in [6.07, 6.45) is 4.27. The molecule has 0 bridgehead atoms. The Hall–Kier alpha value is -1.09. The van der Waals surface area contributed by atoms with Gasteiger partial charge in [-0.3, -0.25) is 4.79 Å². The van der Waals surface area contributed by atoms with E-state index in [0.717, 1.165) is 12.1 Å². The van der Waals surface area contributed by atoms with Crippen LogP contribution in [0, 0.1) is 5.92 Å². The molecule has 3 heteroatoms. The molecule has 0 aliphatic heterocycles.